The Morgan fingerprint density at radius 2 is 2.14 bits per heavy atom. The van der Waals surface area contributed by atoms with Gasteiger partial charge in [-0.25, -0.2) is 14.8 Å². The average Bonchev–Trinajstić information content (AvgIpc) is 3.64. The number of carbonyl (C=O) groups is 1. The van der Waals surface area contributed by atoms with Gasteiger partial charge in [-0.05, 0) is 53.1 Å². The Bertz CT molecular complexity index is 1640. The molecule has 5 heterocycles. The first kappa shape index (κ1) is 21.4. The minimum absolute atomic E-state index is 0.0156. The van der Waals surface area contributed by atoms with Gasteiger partial charge in [0.25, 0.3) is 5.56 Å². The van der Waals surface area contributed by atoms with Crippen molar-refractivity contribution in [2.24, 2.45) is 0 Å². The molecular weight excluding hydrogens is 492 g/mol. The number of halogens is 1. The van der Waals surface area contributed by atoms with Crippen LogP contribution in [-0.2, 0) is 6.42 Å². The average molecular weight is 507 g/mol. The molecule has 0 bridgehead atoms. The molecule has 1 atom stereocenters. The van der Waals surface area contributed by atoms with Gasteiger partial charge in [-0.3, -0.25) is 4.79 Å². The van der Waals surface area contributed by atoms with Crippen molar-refractivity contribution in [3.8, 4) is 27.5 Å². The molecule has 5 aromatic rings. The lowest BCUT2D eigenvalue weighted by Crippen LogP contribution is -2.23. The van der Waals surface area contributed by atoms with Gasteiger partial charge in [0.05, 0.1) is 23.6 Å². The van der Waals surface area contributed by atoms with Crippen molar-refractivity contribution in [2.75, 3.05) is 0 Å². The fourth-order valence-electron chi connectivity index (χ4n) is 4.33. The summed E-state index contributed by atoms with van der Waals surface area (Å²) in [6, 6.07) is 8.62. The third-order valence-electron chi connectivity index (χ3n) is 5.86. The van der Waals surface area contributed by atoms with Gasteiger partial charge in [0.1, 0.15) is 17.2 Å². The molecule has 11 nitrogen and oxygen atoms in total. The molecule has 0 radical (unpaired) electrons. The lowest BCUT2D eigenvalue weighted by Gasteiger charge is -2.15. The van der Waals surface area contributed by atoms with Crippen molar-refractivity contribution in [3.63, 3.8) is 0 Å². The Balaban J connectivity index is 1.37. The highest BCUT2D eigenvalue weighted by Crippen LogP contribution is 2.34. The van der Waals surface area contributed by atoms with Gasteiger partial charge in [0, 0.05) is 27.7 Å². The Morgan fingerprint density at radius 3 is 2.91 bits per heavy atom. The Morgan fingerprint density at radius 1 is 1.26 bits per heavy atom. The lowest BCUT2D eigenvalue weighted by molar-refractivity contribution is 0.0691. The largest absolute Gasteiger partial charge is 0.476 e. The van der Waals surface area contributed by atoms with Gasteiger partial charge >= 0.3 is 5.97 Å². The zero-order valence-electron chi connectivity index (χ0n) is 17.8. The number of fused-ring (bicyclic) bond motifs is 1. The number of aromatic carboxylic acids is 1. The molecule has 6 rings (SSSR count). The molecule has 0 fully saturated rings. The van der Waals surface area contributed by atoms with E-state index in [0.717, 1.165) is 16.8 Å². The third-order valence-corrected chi connectivity index (χ3v) is 6.97. The van der Waals surface area contributed by atoms with Gasteiger partial charge in [-0.2, -0.15) is 4.68 Å². The summed E-state index contributed by atoms with van der Waals surface area (Å²) in [4.78, 5) is 36.2. The number of aromatic nitrogens is 8. The normalized spacial score (nSPS) is 14.8. The third kappa shape index (κ3) is 3.72. The first-order valence-corrected chi connectivity index (χ1v) is 11.8. The first-order valence-electron chi connectivity index (χ1n) is 10.5. The number of imidazole rings is 1. The van der Waals surface area contributed by atoms with E-state index in [0.29, 0.717) is 40.1 Å². The van der Waals surface area contributed by atoms with E-state index in [1.165, 1.54) is 27.7 Å². The van der Waals surface area contributed by atoms with E-state index in [1.807, 2.05) is 6.07 Å². The monoisotopic (exact) mass is 506 g/mol. The van der Waals surface area contributed by atoms with Crippen LogP contribution in [0.4, 0.5) is 0 Å². The zero-order chi connectivity index (χ0) is 24.1. The van der Waals surface area contributed by atoms with Crippen LogP contribution in [0.15, 0.2) is 53.0 Å². The lowest BCUT2D eigenvalue weighted by atomic mass is 10.0. The predicted molar refractivity (Wildman–Crippen MR) is 127 cm³/mol. The van der Waals surface area contributed by atoms with Gasteiger partial charge in [0.2, 0.25) is 0 Å². The molecule has 174 valence electrons. The number of aromatic amines is 1. The van der Waals surface area contributed by atoms with Crippen molar-refractivity contribution in [2.45, 2.75) is 18.9 Å². The molecule has 1 aromatic carbocycles. The van der Waals surface area contributed by atoms with Crippen molar-refractivity contribution in [1.82, 2.24) is 39.7 Å². The number of pyridine rings is 1. The summed E-state index contributed by atoms with van der Waals surface area (Å²) in [7, 11) is 0. The summed E-state index contributed by atoms with van der Waals surface area (Å²) >= 11 is 7.48. The number of nitrogens with one attached hydrogen (secondary N) is 1. The number of carboxylic acids is 1. The standard InChI is InChI=1S/C22H15ClN8O3S/c23-12-1-3-17(30-10-25-28-29-30)14(7-12)11-5-13-2-4-18(31(13)19(32)6-11)20-24-8-15(26-20)21-27-16(9-35-21)22(33)34/h1,3,5-10,18H,2,4H2,(H,24,26)(H,33,34)/t18-/m0/s1. The van der Waals surface area contributed by atoms with E-state index in [-0.39, 0.29) is 17.3 Å². The molecule has 1 aliphatic heterocycles. The second-order valence-electron chi connectivity index (χ2n) is 7.94. The summed E-state index contributed by atoms with van der Waals surface area (Å²) < 4.78 is 3.26. The number of benzene rings is 1. The minimum atomic E-state index is -1.08. The van der Waals surface area contributed by atoms with Crippen molar-refractivity contribution < 1.29 is 9.90 Å². The molecule has 0 unspecified atom stereocenters. The van der Waals surface area contributed by atoms with E-state index < -0.39 is 5.97 Å². The molecule has 1 aliphatic rings. The van der Waals surface area contributed by atoms with Crippen molar-refractivity contribution in [3.05, 3.63) is 80.8 Å². The SMILES string of the molecule is O=C(O)c1csc(-c2cnc([C@@H]3CCc4cc(-c5cc(Cl)ccc5-n5cnnn5)cc(=O)n43)[nH]2)n1. The van der Waals surface area contributed by atoms with Crippen LogP contribution in [0.1, 0.15) is 34.5 Å². The molecule has 13 heteroatoms. The number of hydrogen-bond donors (Lipinski definition) is 2. The summed E-state index contributed by atoms with van der Waals surface area (Å²) in [6.45, 7) is 0. The zero-order valence-corrected chi connectivity index (χ0v) is 19.4. The van der Waals surface area contributed by atoms with E-state index >= 15 is 0 Å². The Hall–Kier alpha value is -4.16. The highest BCUT2D eigenvalue weighted by atomic mass is 35.5. The molecule has 0 amide bonds. The van der Waals surface area contributed by atoms with Crippen LogP contribution in [-0.4, -0.2) is 50.8 Å². The molecule has 0 saturated heterocycles. The van der Waals surface area contributed by atoms with Crippen LogP contribution in [0.2, 0.25) is 5.02 Å². The van der Waals surface area contributed by atoms with E-state index in [2.05, 4.69) is 30.5 Å². The number of rotatable bonds is 5. The Labute approximate surface area is 205 Å². The second-order valence-corrected chi connectivity index (χ2v) is 9.23. The van der Waals surface area contributed by atoms with Gasteiger partial charge < -0.3 is 14.7 Å². The van der Waals surface area contributed by atoms with Crippen molar-refractivity contribution >= 4 is 28.9 Å². The van der Waals surface area contributed by atoms with Crippen LogP contribution < -0.4 is 5.56 Å². The Kier molecular flexibility index (Phi) is 5.04. The maximum absolute atomic E-state index is 13.3. The highest BCUT2D eigenvalue weighted by molar-refractivity contribution is 7.13. The van der Waals surface area contributed by atoms with Gasteiger partial charge in [0.15, 0.2) is 5.69 Å². The van der Waals surface area contributed by atoms with Crippen LogP contribution in [0, 0.1) is 0 Å². The molecular formula is C22H15ClN8O3S. The fraction of sp³-hybridized carbons (Fsp3) is 0.136. The molecule has 0 saturated carbocycles. The molecule has 0 aliphatic carbocycles. The number of nitrogens with zero attached hydrogens (tertiary/aromatic N) is 7. The highest BCUT2D eigenvalue weighted by Gasteiger charge is 2.28. The first-order chi connectivity index (χ1) is 17.0. The van der Waals surface area contributed by atoms with Gasteiger partial charge in [-0.1, -0.05) is 11.6 Å². The number of tetrazole rings is 1. The van der Waals surface area contributed by atoms with Gasteiger partial charge in [-0.15, -0.1) is 16.4 Å². The van der Waals surface area contributed by atoms with E-state index in [1.54, 1.807) is 35.0 Å². The van der Waals surface area contributed by atoms with Crippen LogP contribution >= 0.6 is 22.9 Å². The van der Waals surface area contributed by atoms with E-state index in [9.17, 15) is 9.59 Å². The van der Waals surface area contributed by atoms with Crippen LogP contribution in [0.3, 0.4) is 0 Å². The summed E-state index contributed by atoms with van der Waals surface area (Å²) in [5.74, 6) is -0.458. The smallest absolute Gasteiger partial charge is 0.355 e. The molecule has 0 spiro atoms. The summed E-state index contributed by atoms with van der Waals surface area (Å²) in [6.07, 6.45) is 4.48. The molecule has 35 heavy (non-hydrogen) atoms. The maximum Gasteiger partial charge on any atom is 0.355 e. The molecule has 4 aromatic heterocycles. The summed E-state index contributed by atoms with van der Waals surface area (Å²) in [5.41, 5.74) is 3.48. The number of carboxylic acid groups (broad SMARTS) is 1. The quantitative estimate of drug-likeness (QED) is 0.369. The fourth-order valence-corrected chi connectivity index (χ4v) is 5.26. The topological polar surface area (TPSA) is 144 Å². The van der Waals surface area contributed by atoms with E-state index in [4.69, 9.17) is 16.7 Å². The predicted octanol–water partition coefficient (Wildman–Crippen LogP) is 3.22. The maximum atomic E-state index is 13.3. The number of hydrogen-bond acceptors (Lipinski definition) is 8. The number of H-pyrrole nitrogens is 1. The second kappa shape index (κ2) is 8.25. The van der Waals surface area contributed by atoms with Crippen LogP contribution in [0.25, 0.3) is 27.5 Å². The number of aryl methyl sites for hydroxylation is 1. The minimum Gasteiger partial charge on any atom is -0.476 e. The van der Waals surface area contributed by atoms with Crippen molar-refractivity contribution in [1.29, 1.82) is 0 Å². The molecule has 2 N–H and O–H groups in total. The summed E-state index contributed by atoms with van der Waals surface area (Å²) in [5, 5.41) is 23.0. The van der Waals surface area contributed by atoms with Crippen LogP contribution in [0.5, 0.6) is 0 Å². The number of thiazole rings is 1.